The predicted molar refractivity (Wildman–Crippen MR) is 68.8 cm³/mol. The van der Waals surface area contributed by atoms with E-state index >= 15 is 0 Å². The summed E-state index contributed by atoms with van der Waals surface area (Å²) in [4.78, 5) is 33.8. The summed E-state index contributed by atoms with van der Waals surface area (Å²) in [7, 11) is 0. The van der Waals surface area contributed by atoms with Crippen molar-refractivity contribution in [1.82, 2.24) is 0 Å². The Hall–Kier alpha value is -1.27. The van der Waals surface area contributed by atoms with Crippen LogP contribution in [0, 0.1) is 16.0 Å². The Morgan fingerprint density at radius 1 is 1.39 bits per heavy atom. The minimum atomic E-state index is -0.981. The molecule has 0 saturated carbocycles. The summed E-state index contributed by atoms with van der Waals surface area (Å²) in [5.41, 5.74) is 0. The van der Waals surface area contributed by atoms with Gasteiger partial charge in [0.2, 0.25) is 6.54 Å². The van der Waals surface area contributed by atoms with Gasteiger partial charge < -0.3 is 0 Å². The van der Waals surface area contributed by atoms with E-state index in [1.807, 2.05) is 0 Å². The van der Waals surface area contributed by atoms with Gasteiger partial charge in [-0.15, -0.1) is 11.3 Å². The fourth-order valence-electron chi connectivity index (χ4n) is 1.90. The van der Waals surface area contributed by atoms with Crippen LogP contribution in [0.15, 0.2) is 12.1 Å². The van der Waals surface area contributed by atoms with E-state index in [2.05, 4.69) is 0 Å². The topological polar surface area (TPSA) is 77.3 Å². The van der Waals surface area contributed by atoms with Crippen molar-refractivity contribution in [2.75, 3.05) is 6.54 Å². The highest BCUT2D eigenvalue weighted by Gasteiger charge is 2.35. The van der Waals surface area contributed by atoms with Crippen LogP contribution in [0.5, 0.6) is 0 Å². The van der Waals surface area contributed by atoms with Gasteiger partial charge in [0.25, 0.3) is 0 Å². The van der Waals surface area contributed by atoms with E-state index in [9.17, 15) is 19.7 Å². The Bertz CT molecular complexity index is 471. The SMILES string of the molecule is CC(=O)C(C(C)=O)[C@H](C[N+](=O)[O-])c1ccc(Cl)s1. The smallest absolute Gasteiger partial charge is 0.212 e. The molecule has 1 aromatic heterocycles. The average Bonchev–Trinajstić information content (AvgIpc) is 2.61. The normalized spacial score (nSPS) is 12.4. The summed E-state index contributed by atoms with van der Waals surface area (Å²) in [5.74, 6) is -2.45. The molecular formula is C11H12ClNO4S. The number of halogens is 1. The Morgan fingerprint density at radius 3 is 2.28 bits per heavy atom. The number of hydrogen-bond donors (Lipinski definition) is 0. The van der Waals surface area contributed by atoms with Crippen LogP contribution in [0.3, 0.4) is 0 Å². The van der Waals surface area contributed by atoms with Crippen molar-refractivity contribution >= 4 is 34.5 Å². The van der Waals surface area contributed by atoms with Crippen LogP contribution in [0.25, 0.3) is 0 Å². The van der Waals surface area contributed by atoms with Gasteiger partial charge in [0.15, 0.2) is 0 Å². The van der Waals surface area contributed by atoms with Crippen molar-refractivity contribution < 1.29 is 14.5 Å². The van der Waals surface area contributed by atoms with E-state index in [0.29, 0.717) is 9.21 Å². The molecule has 0 unspecified atom stereocenters. The highest BCUT2D eigenvalue weighted by atomic mass is 35.5. The number of Topliss-reactive ketones (excluding diaryl/α,β-unsaturated/α-hetero) is 2. The van der Waals surface area contributed by atoms with Crippen LogP contribution in [0.1, 0.15) is 24.6 Å². The number of ketones is 2. The first-order chi connectivity index (χ1) is 8.32. The number of thiophene rings is 1. The standard InChI is InChI=1S/C11H12ClNO4S/c1-6(14)11(7(2)15)8(5-13(16)17)9-3-4-10(12)18-9/h3-4,8,11H,5H2,1-2H3/t8-/m1/s1. The molecule has 0 N–H and O–H groups in total. The van der Waals surface area contributed by atoms with Gasteiger partial charge in [-0.1, -0.05) is 11.6 Å². The number of carbonyl (C=O) groups excluding carboxylic acids is 2. The third-order valence-corrected chi connectivity index (χ3v) is 3.95. The predicted octanol–water partition coefficient (Wildman–Crippen LogP) is 2.56. The molecule has 1 heterocycles. The summed E-state index contributed by atoms with van der Waals surface area (Å²) in [5, 5.41) is 10.7. The van der Waals surface area contributed by atoms with Crippen molar-refractivity contribution in [3.05, 3.63) is 31.5 Å². The third-order valence-electron chi connectivity index (χ3n) is 2.58. The summed E-state index contributed by atoms with van der Waals surface area (Å²) in [6.45, 7) is 2.09. The van der Waals surface area contributed by atoms with Crippen molar-refractivity contribution in [1.29, 1.82) is 0 Å². The molecule has 5 nitrogen and oxygen atoms in total. The Balaban J connectivity index is 3.14. The number of nitrogens with zero attached hydrogens (tertiary/aromatic N) is 1. The van der Waals surface area contributed by atoms with Crippen molar-refractivity contribution in [3.8, 4) is 0 Å². The van der Waals surface area contributed by atoms with Crippen LogP contribution < -0.4 is 0 Å². The lowest BCUT2D eigenvalue weighted by Gasteiger charge is -2.18. The zero-order valence-electron chi connectivity index (χ0n) is 9.88. The van der Waals surface area contributed by atoms with Crippen LogP contribution in [0.4, 0.5) is 0 Å². The van der Waals surface area contributed by atoms with Crippen LogP contribution in [-0.4, -0.2) is 23.0 Å². The molecule has 7 heteroatoms. The molecule has 1 aromatic rings. The van der Waals surface area contributed by atoms with Crippen molar-refractivity contribution in [2.45, 2.75) is 19.8 Å². The molecule has 18 heavy (non-hydrogen) atoms. The van der Waals surface area contributed by atoms with E-state index in [1.165, 1.54) is 13.8 Å². The van der Waals surface area contributed by atoms with Crippen molar-refractivity contribution in [3.63, 3.8) is 0 Å². The number of hydrogen-bond acceptors (Lipinski definition) is 5. The van der Waals surface area contributed by atoms with Gasteiger partial charge in [0, 0.05) is 9.80 Å². The van der Waals surface area contributed by atoms with Crippen LogP contribution in [-0.2, 0) is 9.59 Å². The van der Waals surface area contributed by atoms with Gasteiger partial charge in [-0.3, -0.25) is 19.7 Å². The second-order valence-electron chi connectivity index (χ2n) is 3.96. The van der Waals surface area contributed by atoms with Crippen LogP contribution in [0.2, 0.25) is 4.34 Å². The van der Waals surface area contributed by atoms with Crippen LogP contribution >= 0.6 is 22.9 Å². The van der Waals surface area contributed by atoms with E-state index < -0.39 is 23.3 Å². The first-order valence-corrected chi connectivity index (χ1v) is 6.40. The zero-order chi connectivity index (χ0) is 13.9. The number of rotatable bonds is 6. The van der Waals surface area contributed by atoms with Gasteiger partial charge >= 0.3 is 0 Å². The molecule has 0 radical (unpaired) electrons. The lowest BCUT2D eigenvalue weighted by Crippen LogP contribution is -2.30. The van der Waals surface area contributed by atoms with Gasteiger partial charge in [0.1, 0.15) is 11.6 Å². The molecule has 0 spiro atoms. The minimum Gasteiger partial charge on any atom is -0.299 e. The lowest BCUT2D eigenvalue weighted by atomic mass is 9.85. The quantitative estimate of drug-likeness (QED) is 0.458. The molecule has 0 aliphatic heterocycles. The van der Waals surface area contributed by atoms with Gasteiger partial charge in [0.05, 0.1) is 16.2 Å². The summed E-state index contributed by atoms with van der Waals surface area (Å²) in [6, 6.07) is 3.23. The fraction of sp³-hybridized carbons (Fsp3) is 0.455. The minimum absolute atomic E-state index is 0.362. The zero-order valence-corrected chi connectivity index (χ0v) is 11.5. The summed E-state index contributed by atoms with van der Waals surface area (Å²) < 4.78 is 0.476. The Morgan fingerprint density at radius 2 is 1.94 bits per heavy atom. The number of nitro groups is 1. The highest BCUT2D eigenvalue weighted by molar-refractivity contribution is 7.16. The first kappa shape index (κ1) is 14.8. The molecule has 0 amide bonds. The summed E-state index contributed by atoms with van der Waals surface area (Å²) >= 11 is 6.94. The molecule has 0 aromatic carbocycles. The molecule has 0 aliphatic carbocycles. The third kappa shape index (κ3) is 3.61. The molecule has 98 valence electrons. The number of carbonyl (C=O) groups is 2. The van der Waals surface area contributed by atoms with E-state index in [4.69, 9.17) is 11.6 Å². The second kappa shape index (κ2) is 6.06. The Labute approximate surface area is 113 Å². The second-order valence-corrected chi connectivity index (χ2v) is 5.71. The van der Waals surface area contributed by atoms with Gasteiger partial charge in [-0.25, -0.2) is 0 Å². The van der Waals surface area contributed by atoms with Crippen molar-refractivity contribution in [2.24, 2.45) is 5.92 Å². The summed E-state index contributed by atoms with van der Waals surface area (Å²) in [6.07, 6.45) is 0. The van der Waals surface area contributed by atoms with E-state index in [-0.39, 0.29) is 11.6 Å². The van der Waals surface area contributed by atoms with E-state index in [1.54, 1.807) is 12.1 Å². The largest absolute Gasteiger partial charge is 0.299 e. The molecule has 0 aliphatic rings. The molecular weight excluding hydrogens is 278 g/mol. The molecule has 1 atom stereocenters. The average molecular weight is 290 g/mol. The maximum atomic E-state index is 11.5. The lowest BCUT2D eigenvalue weighted by molar-refractivity contribution is -0.484. The monoisotopic (exact) mass is 289 g/mol. The maximum Gasteiger partial charge on any atom is 0.212 e. The fourth-order valence-corrected chi connectivity index (χ4v) is 3.09. The Kier molecular flexibility index (Phi) is 4.98. The van der Waals surface area contributed by atoms with Gasteiger partial charge in [-0.2, -0.15) is 0 Å². The maximum absolute atomic E-state index is 11.5. The van der Waals surface area contributed by atoms with Gasteiger partial charge in [-0.05, 0) is 26.0 Å². The molecule has 1 rings (SSSR count). The molecule has 0 saturated heterocycles. The first-order valence-electron chi connectivity index (χ1n) is 5.21. The molecule has 0 fully saturated rings. The highest BCUT2D eigenvalue weighted by Crippen LogP contribution is 2.34. The molecule has 0 bridgehead atoms. The van der Waals surface area contributed by atoms with E-state index in [0.717, 1.165) is 11.3 Å².